The molecule has 0 atom stereocenters. The lowest BCUT2D eigenvalue weighted by Crippen LogP contribution is -2.41. The van der Waals surface area contributed by atoms with Gasteiger partial charge in [-0.2, -0.15) is 0 Å². The fourth-order valence-corrected chi connectivity index (χ4v) is 2.18. The molecule has 0 unspecified atom stereocenters. The van der Waals surface area contributed by atoms with Gasteiger partial charge in [0.05, 0.1) is 25.5 Å². The topological polar surface area (TPSA) is 80.2 Å². The largest absolute Gasteiger partial charge is 0.378 e. The fraction of sp³-hybridized carbons (Fsp3) is 0.333. The summed E-state index contributed by atoms with van der Waals surface area (Å²) in [7, 11) is 0. The van der Waals surface area contributed by atoms with E-state index in [2.05, 4.69) is 20.3 Å². The molecule has 1 fully saturated rings. The number of ether oxygens (including phenoxy) is 1. The van der Waals surface area contributed by atoms with E-state index in [9.17, 15) is 4.79 Å². The Hall–Kier alpha value is -2.54. The number of carbonyl (C=O) groups excluding carboxylic acids is 1. The lowest BCUT2D eigenvalue weighted by atomic mass is 10.3. The molecule has 0 spiro atoms. The zero-order chi connectivity index (χ0) is 15.2. The minimum Gasteiger partial charge on any atom is -0.378 e. The number of rotatable bonds is 4. The number of aromatic nitrogens is 3. The Bertz CT molecular complexity index is 629. The van der Waals surface area contributed by atoms with Crippen molar-refractivity contribution in [3.8, 4) is 0 Å². The Morgan fingerprint density at radius 1 is 1.23 bits per heavy atom. The zero-order valence-corrected chi connectivity index (χ0v) is 12.1. The maximum absolute atomic E-state index is 12.4. The third kappa shape index (κ3) is 3.56. The number of hydrogen-bond acceptors (Lipinski definition) is 6. The minimum atomic E-state index is -0.0911. The molecule has 1 aliphatic heterocycles. The standard InChI is InChI=1S/C15H17N5O2/c21-15(20-5-7-22-8-6-20)13-9-14(19-11-18-13)17-10-12-3-1-2-4-16-12/h1-4,9,11H,5-8,10H2,(H,17,18,19). The monoisotopic (exact) mass is 299 g/mol. The second-order valence-electron chi connectivity index (χ2n) is 4.87. The van der Waals surface area contributed by atoms with Crippen LogP contribution in [0, 0.1) is 0 Å². The van der Waals surface area contributed by atoms with Crippen LogP contribution in [0.3, 0.4) is 0 Å². The number of nitrogens with one attached hydrogen (secondary N) is 1. The van der Waals surface area contributed by atoms with Gasteiger partial charge in [0.2, 0.25) is 0 Å². The first-order valence-corrected chi connectivity index (χ1v) is 7.16. The summed E-state index contributed by atoms with van der Waals surface area (Å²) in [5, 5.41) is 3.15. The van der Waals surface area contributed by atoms with Gasteiger partial charge in [-0.15, -0.1) is 0 Å². The average molecular weight is 299 g/mol. The van der Waals surface area contributed by atoms with Crippen molar-refractivity contribution < 1.29 is 9.53 Å². The SMILES string of the molecule is O=C(c1cc(NCc2ccccn2)ncn1)N1CCOCC1. The number of amides is 1. The molecule has 0 radical (unpaired) electrons. The van der Waals surface area contributed by atoms with Crippen LogP contribution >= 0.6 is 0 Å². The predicted molar refractivity (Wildman–Crippen MR) is 80.3 cm³/mol. The summed E-state index contributed by atoms with van der Waals surface area (Å²) >= 11 is 0. The van der Waals surface area contributed by atoms with E-state index in [1.165, 1.54) is 6.33 Å². The number of morpholine rings is 1. The second kappa shape index (κ2) is 6.95. The Morgan fingerprint density at radius 2 is 2.09 bits per heavy atom. The van der Waals surface area contributed by atoms with Crippen molar-refractivity contribution in [1.82, 2.24) is 19.9 Å². The van der Waals surface area contributed by atoms with Crippen molar-refractivity contribution >= 4 is 11.7 Å². The van der Waals surface area contributed by atoms with Gasteiger partial charge in [-0.1, -0.05) is 6.07 Å². The average Bonchev–Trinajstić information content (AvgIpc) is 2.61. The van der Waals surface area contributed by atoms with E-state index in [1.807, 2.05) is 18.2 Å². The van der Waals surface area contributed by atoms with Crippen LogP contribution in [0.25, 0.3) is 0 Å². The molecule has 2 aromatic heterocycles. The van der Waals surface area contributed by atoms with E-state index < -0.39 is 0 Å². The number of carbonyl (C=O) groups is 1. The number of nitrogens with zero attached hydrogens (tertiary/aromatic N) is 4. The maximum atomic E-state index is 12.4. The zero-order valence-electron chi connectivity index (χ0n) is 12.1. The van der Waals surface area contributed by atoms with E-state index in [-0.39, 0.29) is 5.91 Å². The Kier molecular flexibility index (Phi) is 4.55. The van der Waals surface area contributed by atoms with Crippen LogP contribution < -0.4 is 5.32 Å². The van der Waals surface area contributed by atoms with Gasteiger partial charge in [0.25, 0.3) is 5.91 Å². The fourth-order valence-electron chi connectivity index (χ4n) is 2.18. The normalized spacial score (nSPS) is 14.6. The first kappa shape index (κ1) is 14.4. The van der Waals surface area contributed by atoms with Crippen molar-refractivity contribution in [2.45, 2.75) is 6.54 Å². The van der Waals surface area contributed by atoms with Gasteiger partial charge in [-0.3, -0.25) is 9.78 Å². The summed E-state index contributed by atoms with van der Waals surface area (Å²) < 4.78 is 5.25. The molecule has 3 heterocycles. The van der Waals surface area contributed by atoms with Gasteiger partial charge >= 0.3 is 0 Å². The van der Waals surface area contributed by atoms with E-state index in [0.717, 1.165) is 5.69 Å². The smallest absolute Gasteiger partial charge is 0.272 e. The van der Waals surface area contributed by atoms with Crippen LogP contribution in [0.5, 0.6) is 0 Å². The molecule has 1 N–H and O–H groups in total. The van der Waals surface area contributed by atoms with Crippen LogP contribution in [0.4, 0.5) is 5.82 Å². The molecule has 1 aliphatic rings. The van der Waals surface area contributed by atoms with E-state index in [4.69, 9.17) is 4.74 Å². The highest BCUT2D eigenvalue weighted by molar-refractivity contribution is 5.92. The summed E-state index contributed by atoms with van der Waals surface area (Å²) in [5.74, 6) is 0.517. The number of hydrogen-bond donors (Lipinski definition) is 1. The highest BCUT2D eigenvalue weighted by Gasteiger charge is 2.19. The molecule has 0 aliphatic carbocycles. The molecule has 2 aromatic rings. The summed E-state index contributed by atoms with van der Waals surface area (Å²) in [4.78, 5) is 26.5. The highest BCUT2D eigenvalue weighted by Crippen LogP contribution is 2.09. The van der Waals surface area contributed by atoms with Crippen molar-refractivity contribution in [2.24, 2.45) is 0 Å². The molecule has 1 amide bonds. The first-order valence-electron chi connectivity index (χ1n) is 7.16. The van der Waals surface area contributed by atoms with E-state index >= 15 is 0 Å². The van der Waals surface area contributed by atoms with Crippen LogP contribution in [0.2, 0.25) is 0 Å². The molecule has 0 bridgehead atoms. The Labute approximate surface area is 128 Å². The van der Waals surface area contributed by atoms with Crippen molar-refractivity contribution in [2.75, 3.05) is 31.6 Å². The lowest BCUT2D eigenvalue weighted by Gasteiger charge is -2.26. The summed E-state index contributed by atoms with van der Waals surface area (Å²) in [6, 6.07) is 7.39. The summed E-state index contributed by atoms with van der Waals surface area (Å²) in [6.45, 7) is 2.88. The number of anilines is 1. The van der Waals surface area contributed by atoms with Gasteiger partial charge in [0, 0.05) is 25.4 Å². The molecule has 114 valence electrons. The van der Waals surface area contributed by atoms with Gasteiger partial charge < -0.3 is 15.0 Å². The number of pyridine rings is 1. The second-order valence-corrected chi connectivity index (χ2v) is 4.87. The van der Waals surface area contributed by atoms with E-state index in [0.29, 0.717) is 44.4 Å². The van der Waals surface area contributed by atoms with Crippen molar-refractivity contribution in [3.63, 3.8) is 0 Å². The van der Waals surface area contributed by atoms with Crippen LogP contribution in [-0.4, -0.2) is 52.1 Å². The molecule has 7 heteroatoms. The highest BCUT2D eigenvalue weighted by atomic mass is 16.5. The van der Waals surface area contributed by atoms with Crippen molar-refractivity contribution in [1.29, 1.82) is 0 Å². The molecule has 0 saturated carbocycles. The molecule has 3 rings (SSSR count). The van der Waals surface area contributed by atoms with Crippen LogP contribution in [0.15, 0.2) is 36.8 Å². The third-order valence-electron chi connectivity index (χ3n) is 3.36. The van der Waals surface area contributed by atoms with Crippen LogP contribution in [-0.2, 0) is 11.3 Å². The quantitative estimate of drug-likeness (QED) is 0.905. The molecule has 1 saturated heterocycles. The van der Waals surface area contributed by atoms with Crippen LogP contribution in [0.1, 0.15) is 16.2 Å². The molecular formula is C15H17N5O2. The molecular weight excluding hydrogens is 282 g/mol. The van der Waals surface area contributed by atoms with Gasteiger partial charge in [0.1, 0.15) is 17.8 Å². The van der Waals surface area contributed by atoms with Gasteiger partial charge in [-0.25, -0.2) is 9.97 Å². The van der Waals surface area contributed by atoms with Crippen molar-refractivity contribution in [3.05, 3.63) is 48.2 Å². The Balaban J connectivity index is 1.65. The molecule has 7 nitrogen and oxygen atoms in total. The first-order chi connectivity index (χ1) is 10.8. The third-order valence-corrected chi connectivity index (χ3v) is 3.36. The predicted octanol–water partition coefficient (Wildman–Crippen LogP) is 0.956. The molecule has 22 heavy (non-hydrogen) atoms. The summed E-state index contributed by atoms with van der Waals surface area (Å²) in [5.41, 5.74) is 1.29. The Morgan fingerprint density at radius 3 is 2.86 bits per heavy atom. The minimum absolute atomic E-state index is 0.0911. The van der Waals surface area contributed by atoms with Gasteiger partial charge in [0.15, 0.2) is 0 Å². The maximum Gasteiger partial charge on any atom is 0.272 e. The molecule has 0 aromatic carbocycles. The van der Waals surface area contributed by atoms with Gasteiger partial charge in [-0.05, 0) is 12.1 Å². The van der Waals surface area contributed by atoms with E-state index in [1.54, 1.807) is 17.2 Å². The lowest BCUT2D eigenvalue weighted by molar-refractivity contribution is 0.0299. The summed E-state index contributed by atoms with van der Waals surface area (Å²) in [6.07, 6.45) is 3.14.